The first-order chi connectivity index (χ1) is 9.63. The molecule has 0 heterocycles. The van der Waals surface area contributed by atoms with E-state index in [1.54, 1.807) is 24.3 Å². The zero-order valence-electron chi connectivity index (χ0n) is 10.9. The van der Waals surface area contributed by atoms with Gasteiger partial charge in [0.05, 0.1) is 18.7 Å². The van der Waals surface area contributed by atoms with Crippen LogP contribution in [-0.2, 0) is 13.2 Å². The third-order valence-electron chi connectivity index (χ3n) is 2.81. The maximum Gasteiger partial charge on any atom is 0.161 e. The number of ether oxygens (including phenoxy) is 2. The lowest BCUT2D eigenvalue weighted by molar-refractivity contribution is 0.274. The van der Waals surface area contributed by atoms with Crippen LogP contribution in [0.5, 0.6) is 11.5 Å². The summed E-state index contributed by atoms with van der Waals surface area (Å²) in [6.07, 6.45) is 0. The third kappa shape index (κ3) is 3.40. The van der Waals surface area contributed by atoms with E-state index in [2.05, 4.69) is 0 Å². The van der Waals surface area contributed by atoms with Crippen LogP contribution in [0, 0.1) is 5.82 Å². The molecular weight excluding hydrogens is 283 g/mol. The molecule has 0 aromatic heterocycles. The summed E-state index contributed by atoms with van der Waals surface area (Å²) < 4.78 is 23.8. The van der Waals surface area contributed by atoms with Gasteiger partial charge in [-0.2, -0.15) is 0 Å². The Morgan fingerprint density at radius 1 is 1.15 bits per heavy atom. The summed E-state index contributed by atoms with van der Waals surface area (Å²) in [7, 11) is 1.52. The van der Waals surface area contributed by atoms with Crippen molar-refractivity contribution in [1.82, 2.24) is 0 Å². The molecular formula is C15H14ClFO3. The first-order valence-corrected chi connectivity index (χ1v) is 6.36. The van der Waals surface area contributed by atoms with Crippen molar-refractivity contribution in [3.05, 3.63) is 58.4 Å². The molecule has 0 atom stereocenters. The molecule has 2 aromatic carbocycles. The van der Waals surface area contributed by atoms with Crippen molar-refractivity contribution in [3.8, 4) is 11.5 Å². The summed E-state index contributed by atoms with van der Waals surface area (Å²) in [4.78, 5) is 0. The maximum atomic E-state index is 12.9. The van der Waals surface area contributed by atoms with E-state index in [-0.39, 0.29) is 19.0 Å². The number of rotatable bonds is 5. The summed E-state index contributed by atoms with van der Waals surface area (Å²) in [6, 6.07) is 9.29. The van der Waals surface area contributed by atoms with Gasteiger partial charge in [-0.25, -0.2) is 4.39 Å². The van der Waals surface area contributed by atoms with Crippen LogP contribution < -0.4 is 9.47 Å². The third-order valence-corrected chi connectivity index (χ3v) is 3.16. The molecule has 2 aromatic rings. The second-order valence-corrected chi connectivity index (χ2v) is 4.57. The Bertz CT molecular complexity index is 602. The number of hydrogen-bond donors (Lipinski definition) is 1. The molecule has 0 radical (unpaired) electrons. The minimum Gasteiger partial charge on any atom is -0.493 e. The van der Waals surface area contributed by atoms with Crippen LogP contribution in [0.4, 0.5) is 4.39 Å². The summed E-state index contributed by atoms with van der Waals surface area (Å²) in [6.45, 7) is 0.133. The van der Waals surface area contributed by atoms with Crippen LogP contribution in [0.25, 0.3) is 0 Å². The maximum absolute atomic E-state index is 12.9. The standard InChI is InChI=1S/C15H14ClFO3/c1-19-15-6-10(8-18)2-5-14(15)20-9-11-3-4-12(17)7-13(11)16/h2-7,18H,8-9H2,1H3. The van der Waals surface area contributed by atoms with Crippen LogP contribution >= 0.6 is 11.6 Å². The molecule has 0 unspecified atom stereocenters. The highest BCUT2D eigenvalue weighted by molar-refractivity contribution is 6.31. The Kier molecular flexibility index (Phi) is 4.82. The van der Waals surface area contributed by atoms with Gasteiger partial charge in [-0.15, -0.1) is 0 Å². The highest BCUT2D eigenvalue weighted by Gasteiger charge is 2.08. The number of aliphatic hydroxyl groups excluding tert-OH is 1. The lowest BCUT2D eigenvalue weighted by Gasteiger charge is -2.12. The number of halogens is 2. The van der Waals surface area contributed by atoms with Crippen LogP contribution in [0.1, 0.15) is 11.1 Å². The summed E-state index contributed by atoms with van der Waals surface area (Å²) in [5.74, 6) is 0.670. The van der Waals surface area contributed by atoms with Gasteiger partial charge in [-0.05, 0) is 29.8 Å². The van der Waals surface area contributed by atoms with E-state index >= 15 is 0 Å². The van der Waals surface area contributed by atoms with Crippen molar-refractivity contribution in [2.45, 2.75) is 13.2 Å². The van der Waals surface area contributed by atoms with Gasteiger partial charge in [-0.1, -0.05) is 23.7 Å². The fourth-order valence-electron chi connectivity index (χ4n) is 1.72. The van der Waals surface area contributed by atoms with Crippen LogP contribution in [0.2, 0.25) is 5.02 Å². The minimum atomic E-state index is -0.386. The van der Waals surface area contributed by atoms with Crippen molar-refractivity contribution >= 4 is 11.6 Å². The highest BCUT2D eigenvalue weighted by Crippen LogP contribution is 2.29. The number of hydrogen-bond acceptors (Lipinski definition) is 3. The van der Waals surface area contributed by atoms with E-state index in [9.17, 15) is 4.39 Å². The highest BCUT2D eigenvalue weighted by atomic mass is 35.5. The second kappa shape index (κ2) is 6.59. The second-order valence-electron chi connectivity index (χ2n) is 4.17. The summed E-state index contributed by atoms with van der Waals surface area (Å²) in [5, 5.41) is 9.39. The molecule has 0 amide bonds. The van der Waals surface area contributed by atoms with E-state index < -0.39 is 0 Å². The van der Waals surface area contributed by atoms with Gasteiger partial charge in [0.15, 0.2) is 11.5 Å². The molecule has 0 aliphatic heterocycles. The Morgan fingerprint density at radius 3 is 2.60 bits per heavy atom. The topological polar surface area (TPSA) is 38.7 Å². The van der Waals surface area contributed by atoms with E-state index in [4.69, 9.17) is 26.2 Å². The van der Waals surface area contributed by atoms with Crippen molar-refractivity contribution in [3.63, 3.8) is 0 Å². The molecule has 5 heteroatoms. The Labute approximate surface area is 121 Å². The summed E-state index contributed by atoms with van der Waals surface area (Å²) >= 11 is 5.93. The average Bonchev–Trinajstić information content (AvgIpc) is 2.46. The zero-order valence-corrected chi connectivity index (χ0v) is 11.7. The van der Waals surface area contributed by atoms with E-state index in [0.29, 0.717) is 22.1 Å². The molecule has 106 valence electrons. The first kappa shape index (κ1) is 14.6. The molecule has 0 saturated carbocycles. The van der Waals surface area contributed by atoms with Gasteiger partial charge in [-0.3, -0.25) is 0 Å². The lowest BCUT2D eigenvalue weighted by atomic mass is 10.2. The van der Waals surface area contributed by atoms with Crippen molar-refractivity contribution in [1.29, 1.82) is 0 Å². The van der Waals surface area contributed by atoms with Crippen molar-refractivity contribution < 1.29 is 19.0 Å². The van der Waals surface area contributed by atoms with Gasteiger partial charge in [0, 0.05) is 5.56 Å². The molecule has 1 N–H and O–H groups in total. The van der Waals surface area contributed by atoms with Crippen LogP contribution in [0.3, 0.4) is 0 Å². The van der Waals surface area contributed by atoms with Gasteiger partial charge < -0.3 is 14.6 Å². The van der Waals surface area contributed by atoms with E-state index in [1.807, 2.05) is 0 Å². The Morgan fingerprint density at radius 2 is 1.95 bits per heavy atom. The number of aliphatic hydroxyl groups is 1. The molecule has 0 spiro atoms. The van der Waals surface area contributed by atoms with E-state index in [0.717, 1.165) is 5.56 Å². The van der Waals surface area contributed by atoms with E-state index in [1.165, 1.54) is 19.2 Å². The molecule has 3 nitrogen and oxygen atoms in total. The van der Waals surface area contributed by atoms with Crippen LogP contribution in [0.15, 0.2) is 36.4 Å². The monoisotopic (exact) mass is 296 g/mol. The molecule has 0 bridgehead atoms. The fourth-order valence-corrected chi connectivity index (χ4v) is 1.95. The van der Waals surface area contributed by atoms with Gasteiger partial charge in [0.25, 0.3) is 0 Å². The predicted molar refractivity (Wildman–Crippen MR) is 74.7 cm³/mol. The Hall–Kier alpha value is -1.78. The number of methoxy groups -OCH3 is 1. The molecule has 0 aliphatic rings. The smallest absolute Gasteiger partial charge is 0.161 e. The largest absolute Gasteiger partial charge is 0.493 e. The van der Waals surface area contributed by atoms with Gasteiger partial charge in [0.2, 0.25) is 0 Å². The summed E-state index contributed by atoms with van der Waals surface area (Å²) in [5.41, 5.74) is 1.41. The number of benzene rings is 2. The first-order valence-electron chi connectivity index (χ1n) is 5.98. The molecule has 20 heavy (non-hydrogen) atoms. The minimum absolute atomic E-state index is 0.0690. The van der Waals surface area contributed by atoms with Crippen molar-refractivity contribution in [2.24, 2.45) is 0 Å². The van der Waals surface area contributed by atoms with Crippen LogP contribution in [-0.4, -0.2) is 12.2 Å². The van der Waals surface area contributed by atoms with Gasteiger partial charge >= 0.3 is 0 Å². The Balaban J connectivity index is 2.14. The molecule has 0 saturated heterocycles. The van der Waals surface area contributed by atoms with Crippen molar-refractivity contribution in [2.75, 3.05) is 7.11 Å². The van der Waals surface area contributed by atoms with Gasteiger partial charge in [0.1, 0.15) is 12.4 Å². The molecule has 2 rings (SSSR count). The molecule has 0 aliphatic carbocycles. The average molecular weight is 297 g/mol. The lowest BCUT2D eigenvalue weighted by Crippen LogP contribution is -1.99. The SMILES string of the molecule is COc1cc(CO)ccc1OCc1ccc(F)cc1Cl. The fraction of sp³-hybridized carbons (Fsp3) is 0.200. The quantitative estimate of drug-likeness (QED) is 0.917. The zero-order chi connectivity index (χ0) is 14.5. The molecule has 0 fully saturated rings. The predicted octanol–water partition coefficient (Wildman–Crippen LogP) is 3.56. The normalized spacial score (nSPS) is 10.4.